The summed E-state index contributed by atoms with van der Waals surface area (Å²) in [4.78, 5) is 0. The number of ether oxygens (including phenoxy) is 1. The average Bonchev–Trinajstić information content (AvgIpc) is 2.02. The molecular weight excluding hydrogens is 253 g/mol. The second-order valence-corrected chi connectivity index (χ2v) is 2.91. The molecule has 13 heavy (non-hydrogen) atoms. The van der Waals surface area contributed by atoms with Crippen LogP contribution in [0.15, 0.2) is 16.7 Å². The predicted octanol–water partition coefficient (Wildman–Crippen LogP) is 2.18. The van der Waals surface area contributed by atoms with Gasteiger partial charge in [0.1, 0.15) is 4.60 Å². The van der Waals surface area contributed by atoms with Crippen LogP contribution in [0.25, 0.3) is 0 Å². The predicted molar refractivity (Wildman–Crippen MR) is 41.3 cm³/mol. The quantitative estimate of drug-likeness (QED) is 0.814. The van der Waals surface area contributed by atoms with Gasteiger partial charge in [0.25, 0.3) is 0 Å². The van der Waals surface area contributed by atoms with Crippen LogP contribution in [-0.4, -0.2) is 23.0 Å². The van der Waals surface area contributed by atoms with Crippen LogP contribution in [0.4, 0.5) is 13.2 Å². The van der Waals surface area contributed by atoms with Crippen LogP contribution in [-0.2, 0) is 0 Å². The first kappa shape index (κ1) is 10.2. The molecule has 0 amide bonds. The highest BCUT2D eigenvalue weighted by Crippen LogP contribution is 2.16. The normalized spacial score (nSPS) is 11.4. The number of nitrogens with zero attached hydrogens (tertiary/aromatic N) is 2. The van der Waals surface area contributed by atoms with Crippen molar-refractivity contribution in [3.05, 3.63) is 16.7 Å². The maximum absolute atomic E-state index is 11.6. The first-order valence-electron chi connectivity index (χ1n) is 3.16. The summed E-state index contributed by atoms with van der Waals surface area (Å²) in [5.74, 6) is -0.152. The third kappa shape index (κ3) is 4.07. The molecule has 7 heteroatoms. The second-order valence-electron chi connectivity index (χ2n) is 2.10. The molecule has 1 rings (SSSR count). The fourth-order valence-electron chi connectivity index (χ4n) is 0.537. The van der Waals surface area contributed by atoms with Gasteiger partial charge in [0, 0.05) is 6.07 Å². The summed E-state index contributed by atoms with van der Waals surface area (Å²) in [6.07, 6.45) is -4.35. The van der Waals surface area contributed by atoms with Crippen LogP contribution in [0, 0.1) is 0 Å². The van der Waals surface area contributed by atoms with E-state index in [1.165, 1.54) is 12.1 Å². The Kier molecular flexibility index (Phi) is 3.07. The van der Waals surface area contributed by atoms with Crippen LogP contribution in [0.2, 0.25) is 0 Å². The minimum atomic E-state index is -4.35. The van der Waals surface area contributed by atoms with Crippen LogP contribution < -0.4 is 4.74 Å². The minimum Gasteiger partial charge on any atom is -0.467 e. The monoisotopic (exact) mass is 256 g/mol. The Bertz CT molecular complexity index is 274. The molecule has 0 radical (unpaired) electrons. The molecule has 0 N–H and O–H groups in total. The average molecular weight is 257 g/mol. The van der Waals surface area contributed by atoms with Crippen molar-refractivity contribution in [3.63, 3.8) is 0 Å². The first-order valence-corrected chi connectivity index (χ1v) is 3.95. The Morgan fingerprint density at radius 1 is 1.31 bits per heavy atom. The molecule has 0 fully saturated rings. The fourth-order valence-corrected chi connectivity index (χ4v) is 0.748. The Morgan fingerprint density at radius 3 is 2.46 bits per heavy atom. The van der Waals surface area contributed by atoms with E-state index in [4.69, 9.17) is 0 Å². The highest BCUT2D eigenvalue weighted by molar-refractivity contribution is 9.10. The van der Waals surface area contributed by atoms with Crippen molar-refractivity contribution in [1.82, 2.24) is 10.2 Å². The van der Waals surface area contributed by atoms with Gasteiger partial charge < -0.3 is 4.74 Å². The summed E-state index contributed by atoms with van der Waals surface area (Å²) < 4.78 is 39.7. The summed E-state index contributed by atoms with van der Waals surface area (Å²) in [5.41, 5.74) is 0. The van der Waals surface area contributed by atoms with Crippen LogP contribution in [0.3, 0.4) is 0 Å². The van der Waals surface area contributed by atoms with Gasteiger partial charge in [-0.15, -0.1) is 10.2 Å². The molecule has 0 aromatic carbocycles. The number of alkyl halides is 3. The molecule has 3 nitrogen and oxygen atoms in total. The van der Waals surface area contributed by atoms with Gasteiger partial charge in [-0.05, 0) is 22.0 Å². The van der Waals surface area contributed by atoms with E-state index in [1.807, 2.05) is 0 Å². The summed E-state index contributed by atoms with van der Waals surface area (Å²) in [6, 6.07) is 2.74. The zero-order valence-corrected chi connectivity index (χ0v) is 7.76. The van der Waals surface area contributed by atoms with Crippen LogP contribution >= 0.6 is 15.9 Å². The smallest absolute Gasteiger partial charge is 0.422 e. The topological polar surface area (TPSA) is 35.0 Å². The molecule has 72 valence electrons. The van der Waals surface area contributed by atoms with E-state index in [9.17, 15) is 13.2 Å². The van der Waals surface area contributed by atoms with Crippen molar-refractivity contribution in [1.29, 1.82) is 0 Å². The summed E-state index contributed by atoms with van der Waals surface area (Å²) >= 11 is 2.98. The number of hydrogen-bond donors (Lipinski definition) is 0. The second kappa shape index (κ2) is 3.91. The molecule has 0 saturated heterocycles. The van der Waals surface area contributed by atoms with Crippen molar-refractivity contribution >= 4 is 15.9 Å². The maximum Gasteiger partial charge on any atom is 0.422 e. The largest absolute Gasteiger partial charge is 0.467 e. The molecule has 0 aliphatic carbocycles. The van der Waals surface area contributed by atoms with Gasteiger partial charge >= 0.3 is 6.18 Å². The molecule has 1 aromatic heterocycles. The van der Waals surface area contributed by atoms with Gasteiger partial charge in [-0.25, -0.2) is 0 Å². The SMILES string of the molecule is FC(F)(F)COc1ccc(Br)nn1. The third-order valence-electron chi connectivity index (χ3n) is 0.991. The lowest BCUT2D eigenvalue weighted by Crippen LogP contribution is -2.19. The number of rotatable bonds is 2. The molecule has 1 aromatic rings. The number of halogens is 4. The van der Waals surface area contributed by atoms with Gasteiger partial charge in [-0.2, -0.15) is 13.2 Å². The van der Waals surface area contributed by atoms with Crippen molar-refractivity contribution in [3.8, 4) is 5.88 Å². The third-order valence-corrected chi connectivity index (χ3v) is 1.41. The van der Waals surface area contributed by atoms with Gasteiger partial charge in [-0.3, -0.25) is 0 Å². The number of aromatic nitrogens is 2. The van der Waals surface area contributed by atoms with E-state index in [0.29, 0.717) is 4.60 Å². The standard InChI is InChI=1S/C6H4BrF3N2O/c7-4-1-2-5(12-11-4)13-3-6(8,9)10/h1-2H,3H2. The Balaban J connectivity index is 2.51. The summed E-state index contributed by atoms with van der Waals surface area (Å²) in [7, 11) is 0. The Labute approximate surface area is 80.0 Å². The lowest BCUT2D eigenvalue weighted by Gasteiger charge is -2.06. The molecule has 0 aliphatic heterocycles. The van der Waals surface area contributed by atoms with Gasteiger partial charge in [0.15, 0.2) is 6.61 Å². The van der Waals surface area contributed by atoms with E-state index in [0.717, 1.165) is 0 Å². The van der Waals surface area contributed by atoms with Crippen LogP contribution in [0.5, 0.6) is 5.88 Å². The van der Waals surface area contributed by atoms with Gasteiger partial charge in [-0.1, -0.05) is 0 Å². The maximum atomic E-state index is 11.6. The van der Waals surface area contributed by atoms with E-state index in [2.05, 4.69) is 30.9 Å². The molecule has 0 spiro atoms. The van der Waals surface area contributed by atoms with Crippen molar-refractivity contribution in [2.75, 3.05) is 6.61 Å². The van der Waals surface area contributed by atoms with Gasteiger partial charge in [0.05, 0.1) is 0 Å². The highest BCUT2D eigenvalue weighted by Gasteiger charge is 2.28. The zero-order valence-electron chi connectivity index (χ0n) is 6.18. The Morgan fingerprint density at radius 2 is 2.00 bits per heavy atom. The molecule has 0 bridgehead atoms. The van der Waals surface area contributed by atoms with Gasteiger partial charge in [0.2, 0.25) is 5.88 Å². The molecule has 1 heterocycles. The molecule has 0 aliphatic rings. The van der Waals surface area contributed by atoms with E-state index < -0.39 is 12.8 Å². The van der Waals surface area contributed by atoms with Crippen molar-refractivity contribution < 1.29 is 17.9 Å². The van der Waals surface area contributed by atoms with E-state index >= 15 is 0 Å². The van der Waals surface area contributed by atoms with Crippen molar-refractivity contribution in [2.45, 2.75) is 6.18 Å². The first-order chi connectivity index (χ1) is 5.97. The fraction of sp³-hybridized carbons (Fsp3) is 0.333. The summed E-state index contributed by atoms with van der Waals surface area (Å²) in [5, 5.41) is 6.82. The number of hydrogen-bond acceptors (Lipinski definition) is 3. The lowest BCUT2D eigenvalue weighted by atomic mass is 10.6. The minimum absolute atomic E-state index is 0.152. The zero-order chi connectivity index (χ0) is 9.90. The van der Waals surface area contributed by atoms with Crippen molar-refractivity contribution in [2.24, 2.45) is 0 Å². The molecule has 0 saturated carbocycles. The molecule has 0 atom stereocenters. The van der Waals surface area contributed by atoms with Crippen LogP contribution in [0.1, 0.15) is 0 Å². The molecular formula is C6H4BrF3N2O. The lowest BCUT2D eigenvalue weighted by molar-refractivity contribution is -0.154. The summed E-state index contributed by atoms with van der Waals surface area (Å²) in [6.45, 7) is -1.36. The van der Waals surface area contributed by atoms with E-state index in [-0.39, 0.29) is 5.88 Å². The molecule has 0 unspecified atom stereocenters. The van der Waals surface area contributed by atoms with E-state index in [1.54, 1.807) is 0 Å². The Hall–Kier alpha value is -0.850. The highest BCUT2D eigenvalue weighted by atomic mass is 79.9.